The quantitative estimate of drug-likeness (QED) is 0.685. The van der Waals surface area contributed by atoms with Crippen LogP contribution < -0.4 is 15.5 Å². The van der Waals surface area contributed by atoms with Gasteiger partial charge in [0, 0.05) is 60.9 Å². The largest absolute Gasteiger partial charge is 0.400 e. The summed E-state index contributed by atoms with van der Waals surface area (Å²) in [6.07, 6.45) is 1.85. The maximum Gasteiger partial charge on any atom is 0.150 e. The van der Waals surface area contributed by atoms with Crippen LogP contribution in [0.15, 0.2) is 46.2 Å². The average Bonchev–Trinajstić information content (AvgIpc) is 2.82. The van der Waals surface area contributed by atoms with Crippen LogP contribution in [0.3, 0.4) is 0 Å². The van der Waals surface area contributed by atoms with E-state index >= 15 is 0 Å². The maximum atomic E-state index is 11.3. The number of likely N-dealkylation sites (N-methyl/N-ethyl adjacent to an activating group) is 1. The van der Waals surface area contributed by atoms with Gasteiger partial charge >= 0.3 is 0 Å². The average molecular weight is 429 g/mol. The molecule has 0 saturated carbocycles. The first-order valence-corrected chi connectivity index (χ1v) is 11.4. The van der Waals surface area contributed by atoms with Gasteiger partial charge in [0.2, 0.25) is 0 Å². The van der Waals surface area contributed by atoms with Gasteiger partial charge in [-0.25, -0.2) is 0 Å². The molecule has 3 N–H and O–H groups in total. The number of aliphatic hydroxyl groups excluding tert-OH is 1. The molecule has 7 heteroatoms. The number of hydrogen-bond acceptors (Lipinski definition) is 7. The van der Waals surface area contributed by atoms with Crippen LogP contribution >= 0.6 is 11.8 Å². The van der Waals surface area contributed by atoms with Gasteiger partial charge in [0.1, 0.15) is 6.29 Å². The number of nitrogens with zero attached hydrogens (tertiary/aromatic N) is 3. The van der Waals surface area contributed by atoms with Gasteiger partial charge < -0.3 is 25.5 Å². The molecule has 2 aliphatic heterocycles. The molecule has 0 aliphatic carbocycles. The third-order valence-corrected chi connectivity index (χ3v) is 6.73. The van der Waals surface area contributed by atoms with Gasteiger partial charge in [-0.15, -0.1) is 0 Å². The summed E-state index contributed by atoms with van der Waals surface area (Å²) in [5.41, 5.74) is 10.2. The topological polar surface area (TPSA) is 73.0 Å². The summed E-state index contributed by atoms with van der Waals surface area (Å²) >= 11 is 1.76. The molecule has 2 heterocycles. The maximum absolute atomic E-state index is 11.3. The monoisotopic (exact) mass is 428 g/mol. The zero-order valence-corrected chi connectivity index (χ0v) is 18.7. The van der Waals surface area contributed by atoms with E-state index in [2.05, 4.69) is 45.9 Å². The van der Waals surface area contributed by atoms with Crippen molar-refractivity contribution in [3.05, 3.63) is 42.0 Å². The van der Waals surface area contributed by atoms with Crippen molar-refractivity contribution in [2.75, 3.05) is 62.7 Å². The highest BCUT2D eigenvalue weighted by molar-refractivity contribution is 7.99. The highest BCUT2D eigenvalue weighted by Gasteiger charge is 2.25. The summed E-state index contributed by atoms with van der Waals surface area (Å²) < 4.78 is 0. The zero-order valence-electron chi connectivity index (χ0n) is 17.9. The highest BCUT2D eigenvalue weighted by atomic mass is 32.2. The van der Waals surface area contributed by atoms with Crippen molar-refractivity contribution in [3.63, 3.8) is 0 Å². The number of hydrogen-bond donors (Lipinski definition) is 2. The third-order valence-electron chi connectivity index (χ3n) is 5.64. The molecule has 0 radical (unpaired) electrons. The molecule has 30 heavy (non-hydrogen) atoms. The minimum absolute atomic E-state index is 0.667. The molecule has 2 aromatic rings. The molecule has 4 rings (SSSR count). The van der Waals surface area contributed by atoms with Crippen LogP contribution in [0.1, 0.15) is 23.7 Å². The van der Waals surface area contributed by atoms with E-state index in [1.54, 1.807) is 11.8 Å². The number of carbonyl (C=O) groups is 1. The van der Waals surface area contributed by atoms with Crippen molar-refractivity contribution in [3.8, 4) is 0 Å². The second-order valence-electron chi connectivity index (χ2n) is 7.31. The molecule has 0 spiro atoms. The molecule has 2 aliphatic rings. The molecule has 0 unspecified atom stereocenters. The summed E-state index contributed by atoms with van der Waals surface area (Å²) in [4.78, 5) is 21.0. The molecule has 6 nitrogen and oxygen atoms in total. The summed E-state index contributed by atoms with van der Waals surface area (Å²) in [6, 6.07) is 12.8. The fourth-order valence-electron chi connectivity index (χ4n) is 3.97. The number of fused-ring (bicyclic) bond motifs is 2. The Labute approximate surface area is 183 Å². The van der Waals surface area contributed by atoms with Crippen molar-refractivity contribution < 1.29 is 9.90 Å². The number of aliphatic hydroxyl groups is 1. The van der Waals surface area contributed by atoms with Gasteiger partial charge in [0.05, 0.1) is 11.4 Å². The molecule has 1 fully saturated rings. The third kappa shape index (κ3) is 4.81. The Morgan fingerprint density at radius 3 is 2.33 bits per heavy atom. The van der Waals surface area contributed by atoms with Gasteiger partial charge in [-0.1, -0.05) is 18.7 Å². The number of carbonyl (C=O) groups excluding carboxylic acids is 1. The number of nitrogens with two attached hydrogens (primary N) is 1. The van der Waals surface area contributed by atoms with E-state index < -0.39 is 0 Å². The first-order chi connectivity index (χ1) is 14.7. The van der Waals surface area contributed by atoms with E-state index in [0.29, 0.717) is 6.54 Å². The van der Waals surface area contributed by atoms with Crippen LogP contribution in [-0.4, -0.2) is 69.2 Å². The number of aldehydes is 1. The Bertz CT molecular complexity index is 853. The summed E-state index contributed by atoms with van der Waals surface area (Å²) in [5.74, 6) is 0. The van der Waals surface area contributed by atoms with E-state index in [4.69, 9.17) is 10.8 Å². The van der Waals surface area contributed by atoms with Crippen LogP contribution in [0.25, 0.3) is 0 Å². The zero-order chi connectivity index (χ0) is 21.5. The lowest BCUT2D eigenvalue weighted by molar-refractivity contribution is 0.112. The highest BCUT2D eigenvalue weighted by Crippen LogP contribution is 2.49. The number of anilines is 3. The molecule has 0 amide bonds. The van der Waals surface area contributed by atoms with E-state index in [9.17, 15) is 4.79 Å². The smallest absolute Gasteiger partial charge is 0.150 e. The molecule has 0 atom stereocenters. The first-order valence-electron chi connectivity index (χ1n) is 10.5. The van der Waals surface area contributed by atoms with Gasteiger partial charge in [0.25, 0.3) is 0 Å². The first kappa shape index (κ1) is 22.6. The Morgan fingerprint density at radius 1 is 1.03 bits per heavy atom. The fourth-order valence-corrected chi connectivity index (χ4v) is 5.15. The van der Waals surface area contributed by atoms with Gasteiger partial charge in [-0.2, -0.15) is 0 Å². The van der Waals surface area contributed by atoms with Crippen LogP contribution in [0.5, 0.6) is 0 Å². The van der Waals surface area contributed by atoms with E-state index in [-0.39, 0.29) is 0 Å². The van der Waals surface area contributed by atoms with Gasteiger partial charge in [0.15, 0.2) is 0 Å². The van der Waals surface area contributed by atoms with E-state index in [1.807, 2.05) is 12.1 Å². The number of benzene rings is 2. The fraction of sp³-hybridized carbons (Fsp3) is 0.435. The van der Waals surface area contributed by atoms with Gasteiger partial charge in [-0.05, 0) is 55.9 Å². The molecular weight excluding hydrogens is 396 g/mol. The van der Waals surface area contributed by atoms with E-state index in [0.717, 1.165) is 69.5 Å². The van der Waals surface area contributed by atoms with Crippen molar-refractivity contribution >= 4 is 35.1 Å². The Kier molecular flexibility index (Phi) is 8.16. The SMILES string of the molecule is CCN1CCN(c2ccc3c(c2)Sc2cc(C=O)ccc2N3CCCN)CC1.CO. The summed E-state index contributed by atoms with van der Waals surface area (Å²) in [7, 11) is 1.00. The molecule has 0 aromatic heterocycles. The van der Waals surface area contributed by atoms with Gasteiger partial charge in [-0.3, -0.25) is 4.79 Å². The molecule has 162 valence electrons. The Balaban J connectivity index is 0.00000124. The van der Waals surface area contributed by atoms with Crippen molar-refractivity contribution in [1.82, 2.24) is 4.90 Å². The molecule has 2 aromatic carbocycles. The number of piperazine rings is 1. The van der Waals surface area contributed by atoms with Crippen LogP contribution in [0.4, 0.5) is 17.1 Å². The number of rotatable bonds is 6. The minimum atomic E-state index is 0.667. The second-order valence-corrected chi connectivity index (χ2v) is 8.40. The van der Waals surface area contributed by atoms with E-state index in [1.165, 1.54) is 22.0 Å². The minimum Gasteiger partial charge on any atom is -0.400 e. The second kappa shape index (κ2) is 10.8. The lowest BCUT2D eigenvalue weighted by Crippen LogP contribution is -2.46. The Hall–Kier alpha value is -2.06. The molecular formula is C23H32N4O2S. The lowest BCUT2D eigenvalue weighted by atomic mass is 10.1. The van der Waals surface area contributed by atoms with Crippen molar-refractivity contribution in [2.24, 2.45) is 5.73 Å². The Morgan fingerprint density at radius 2 is 1.70 bits per heavy atom. The summed E-state index contributed by atoms with van der Waals surface area (Å²) in [6.45, 7) is 9.28. The standard InChI is InChI=1S/C22H28N4OS.CH4O/c1-2-24-10-12-25(13-11-24)18-5-7-20-22(15-18)28-21-14-17(16-27)4-6-19(21)26(20)9-3-8-23;1-2/h4-7,14-16H,2-3,8-13,23H2,1H3;2H,1H3. The van der Waals surface area contributed by atoms with Crippen LogP contribution in [0, 0.1) is 0 Å². The molecule has 1 saturated heterocycles. The van der Waals surface area contributed by atoms with Crippen molar-refractivity contribution in [1.29, 1.82) is 0 Å². The van der Waals surface area contributed by atoms with Crippen molar-refractivity contribution in [2.45, 2.75) is 23.1 Å². The predicted octanol–water partition coefficient (Wildman–Crippen LogP) is 3.20. The normalized spacial score (nSPS) is 15.7. The molecule has 0 bridgehead atoms. The lowest BCUT2D eigenvalue weighted by Gasteiger charge is -2.37. The predicted molar refractivity (Wildman–Crippen MR) is 126 cm³/mol. The van der Waals surface area contributed by atoms with Crippen LogP contribution in [-0.2, 0) is 0 Å². The summed E-state index contributed by atoms with van der Waals surface area (Å²) in [5, 5.41) is 7.00. The van der Waals surface area contributed by atoms with Crippen LogP contribution in [0.2, 0.25) is 0 Å².